The van der Waals surface area contributed by atoms with Crippen molar-refractivity contribution in [1.82, 2.24) is 19.4 Å². The Kier molecular flexibility index (Phi) is 5.77. The van der Waals surface area contributed by atoms with Crippen LogP contribution < -0.4 is 5.56 Å². The normalized spacial score (nSPS) is 18.8. The van der Waals surface area contributed by atoms with Gasteiger partial charge in [0.2, 0.25) is 0 Å². The lowest BCUT2D eigenvalue weighted by Gasteiger charge is -2.24. The van der Waals surface area contributed by atoms with E-state index >= 15 is 0 Å². The van der Waals surface area contributed by atoms with E-state index in [4.69, 9.17) is 0 Å². The standard InChI is InChI=1S/C27H28N4O3/c1-2-29(17-20-9-5-3-6-10-20)25(34)22-18-30-15-13-27(26(30)28-23(22)32)14-16-31(19-27)24(33)21-11-7-4-8-12-21/h3-12,18H,2,13-17,19H2,1H3. The molecular weight excluding hydrogens is 428 g/mol. The molecule has 5 rings (SSSR count). The molecule has 7 heteroatoms. The highest BCUT2D eigenvalue weighted by Gasteiger charge is 2.47. The largest absolute Gasteiger partial charge is 0.338 e. The maximum atomic E-state index is 13.2. The highest BCUT2D eigenvalue weighted by atomic mass is 16.2. The van der Waals surface area contributed by atoms with Gasteiger partial charge in [-0.3, -0.25) is 14.4 Å². The van der Waals surface area contributed by atoms with E-state index in [-0.39, 0.29) is 22.8 Å². The van der Waals surface area contributed by atoms with Crippen LogP contribution in [0, 0.1) is 0 Å². The van der Waals surface area contributed by atoms with Gasteiger partial charge in [-0.05, 0) is 37.5 Å². The first-order valence-electron chi connectivity index (χ1n) is 11.8. The number of carbonyl (C=O) groups excluding carboxylic acids is 2. The zero-order chi connectivity index (χ0) is 23.7. The summed E-state index contributed by atoms with van der Waals surface area (Å²) >= 11 is 0. The molecule has 0 saturated carbocycles. The number of amides is 2. The van der Waals surface area contributed by atoms with Crippen LogP contribution in [-0.4, -0.2) is 50.8 Å². The highest BCUT2D eigenvalue weighted by molar-refractivity contribution is 5.94. The van der Waals surface area contributed by atoms with Crippen LogP contribution in [0.3, 0.4) is 0 Å². The summed E-state index contributed by atoms with van der Waals surface area (Å²) in [6, 6.07) is 19.0. The Bertz CT molecular complexity index is 1270. The van der Waals surface area contributed by atoms with Gasteiger partial charge in [0.05, 0.1) is 0 Å². The summed E-state index contributed by atoms with van der Waals surface area (Å²) in [5, 5.41) is 0. The van der Waals surface area contributed by atoms with Crippen molar-refractivity contribution in [2.45, 2.75) is 38.3 Å². The minimum atomic E-state index is -0.489. The molecule has 0 radical (unpaired) electrons. The Morgan fingerprint density at radius 2 is 1.68 bits per heavy atom. The molecule has 3 heterocycles. The van der Waals surface area contributed by atoms with Gasteiger partial charge in [-0.15, -0.1) is 0 Å². The van der Waals surface area contributed by atoms with E-state index in [0.29, 0.717) is 44.1 Å². The molecule has 1 fully saturated rings. The summed E-state index contributed by atoms with van der Waals surface area (Å²) in [7, 11) is 0. The lowest BCUT2D eigenvalue weighted by molar-refractivity contribution is 0.0748. The number of benzene rings is 2. The maximum absolute atomic E-state index is 13.2. The fourth-order valence-corrected chi connectivity index (χ4v) is 5.18. The molecule has 2 aliphatic rings. The van der Waals surface area contributed by atoms with E-state index in [1.165, 1.54) is 0 Å². The van der Waals surface area contributed by atoms with Gasteiger partial charge in [0.1, 0.15) is 11.4 Å². The second kappa shape index (κ2) is 8.89. The van der Waals surface area contributed by atoms with E-state index < -0.39 is 5.56 Å². The second-order valence-corrected chi connectivity index (χ2v) is 9.15. The predicted molar refractivity (Wildman–Crippen MR) is 129 cm³/mol. The van der Waals surface area contributed by atoms with Crippen molar-refractivity contribution in [1.29, 1.82) is 0 Å². The van der Waals surface area contributed by atoms with Crippen LogP contribution in [0.15, 0.2) is 71.7 Å². The number of fused-ring (bicyclic) bond motifs is 2. The molecule has 1 unspecified atom stereocenters. The molecule has 0 aliphatic carbocycles. The Morgan fingerprint density at radius 1 is 1.00 bits per heavy atom. The van der Waals surface area contributed by atoms with Crippen LogP contribution >= 0.6 is 0 Å². The van der Waals surface area contributed by atoms with Crippen LogP contribution in [0.4, 0.5) is 0 Å². The number of nitrogens with zero attached hydrogens (tertiary/aromatic N) is 4. The first-order chi connectivity index (χ1) is 16.5. The van der Waals surface area contributed by atoms with Crippen LogP contribution in [0.2, 0.25) is 0 Å². The molecule has 1 saturated heterocycles. The number of rotatable bonds is 5. The van der Waals surface area contributed by atoms with E-state index in [0.717, 1.165) is 18.4 Å². The first kappa shape index (κ1) is 22.1. The Morgan fingerprint density at radius 3 is 2.38 bits per heavy atom. The van der Waals surface area contributed by atoms with Gasteiger partial charge in [0.25, 0.3) is 17.4 Å². The molecule has 1 atom stereocenters. The molecule has 7 nitrogen and oxygen atoms in total. The third kappa shape index (κ3) is 3.91. The molecule has 1 spiro atoms. The number of likely N-dealkylation sites (tertiary alicyclic amines) is 1. The molecule has 3 aromatic rings. The molecule has 0 N–H and O–H groups in total. The molecule has 174 valence electrons. The number of aromatic nitrogens is 2. The summed E-state index contributed by atoms with van der Waals surface area (Å²) < 4.78 is 1.95. The SMILES string of the molecule is CCN(Cc1ccccc1)C(=O)c1cn2c(nc1=O)C1(CCN(C(=O)c3ccccc3)C1)CC2. The number of hydrogen-bond donors (Lipinski definition) is 0. The smallest absolute Gasteiger partial charge is 0.285 e. The van der Waals surface area contributed by atoms with Crippen molar-refractivity contribution in [3.05, 3.63) is 99.7 Å². The predicted octanol–water partition coefficient (Wildman–Crippen LogP) is 3.09. The lowest BCUT2D eigenvalue weighted by Crippen LogP contribution is -2.38. The molecule has 0 bridgehead atoms. The third-order valence-corrected chi connectivity index (χ3v) is 7.08. The molecular formula is C27H28N4O3. The van der Waals surface area contributed by atoms with Gasteiger partial charge in [0, 0.05) is 49.9 Å². The van der Waals surface area contributed by atoms with E-state index in [2.05, 4.69) is 4.98 Å². The summed E-state index contributed by atoms with van der Waals surface area (Å²) in [5.74, 6) is 0.403. The van der Waals surface area contributed by atoms with Crippen LogP contribution in [0.1, 0.15) is 51.9 Å². The molecule has 2 aromatic carbocycles. The van der Waals surface area contributed by atoms with Gasteiger partial charge < -0.3 is 14.4 Å². The van der Waals surface area contributed by atoms with Gasteiger partial charge in [0.15, 0.2) is 0 Å². The second-order valence-electron chi connectivity index (χ2n) is 9.15. The van der Waals surface area contributed by atoms with Gasteiger partial charge >= 0.3 is 0 Å². The van der Waals surface area contributed by atoms with Crippen LogP contribution in [0.5, 0.6) is 0 Å². The molecule has 2 aliphatic heterocycles. The van der Waals surface area contributed by atoms with Crippen molar-refractivity contribution < 1.29 is 9.59 Å². The lowest BCUT2D eigenvalue weighted by atomic mass is 9.85. The minimum absolute atomic E-state index is 0.00423. The van der Waals surface area contributed by atoms with Crippen LogP contribution in [0.25, 0.3) is 0 Å². The van der Waals surface area contributed by atoms with Crippen molar-refractivity contribution in [2.24, 2.45) is 0 Å². The fourth-order valence-electron chi connectivity index (χ4n) is 5.18. The summed E-state index contributed by atoms with van der Waals surface area (Å²) in [4.78, 5) is 47.1. The van der Waals surface area contributed by atoms with Crippen molar-refractivity contribution >= 4 is 11.8 Å². The Hall–Kier alpha value is -3.74. The minimum Gasteiger partial charge on any atom is -0.338 e. The monoisotopic (exact) mass is 456 g/mol. The highest BCUT2D eigenvalue weighted by Crippen LogP contribution is 2.41. The van der Waals surface area contributed by atoms with Gasteiger partial charge in [-0.1, -0.05) is 48.5 Å². The average Bonchev–Trinajstić information content (AvgIpc) is 3.46. The van der Waals surface area contributed by atoms with Crippen molar-refractivity contribution in [3.63, 3.8) is 0 Å². The van der Waals surface area contributed by atoms with E-state index in [1.807, 2.05) is 77.1 Å². The maximum Gasteiger partial charge on any atom is 0.285 e. The zero-order valence-electron chi connectivity index (χ0n) is 19.3. The van der Waals surface area contributed by atoms with E-state index in [1.54, 1.807) is 11.1 Å². The third-order valence-electron chi connectivity index (χ3n) is 7.08. The van der Waals surface area contributed by atoms with Crippen molar-refractivity contribution in [2.75, 3.05) is 19.6 Å². The quantitative estimate of drug-likeness (QED) is 0.591. The molecule has 2 amide bonds. The van der Waals surface area contributed by atoms with E-state index in [9.17, 15) is 14.4 Å². The zero-order valence-corrected chi connectivity index (χ0v) is 19.3. The molecule has 34 heavy (non-hydrogen) atoms. The number of aryl methyl sites for hydroxylation is 1. The topological polar surface area (TPSA) is 75.5 Å². The number of hydrogen-bond acceptors (Lipinski definition) is 4. The summed E-state index contributed by atoms with van der Waals surface area (Å²) in [6.45, 7) is 4.69. The summed E-state index contributed by atoms with van der Waals surface area (Å²) in [5.41, 5.74) is 0.965. The van der Waals surface area contributed by atoms with Crippen LogP contribution in [-0.2, 0) is 18.5 Å². The van der Waals surface area contributed by atoms with Gasteiger partial charge in [-0.2, -0.15) is 4.98 Å². The number of carbonyl (C=O) groups is 2. The fraction of sp³-hybridized carbons (Fsp3) is 0.333. The van der Waals surface area contributed by atoms with Crippen molar-refractivity contribution in [3.8, 4) is 0 Å². The van der Waals surface area contributed by atoms with Gasteiger partial charge in [-0.25, -0.2) is 0 Å². The average molecular weight is 457 g/mol. The molecule has 1 aromatic heterocycles. The first-order valence-corrected chi connectivity index (χ1v) is 11.8. The Balaban J connectivity index is 1.38. The summed E-state index contributed by atoms with van der Waals surface area (Å²) in [6.07, 6.45) is 3.24. The Labute approximate surface area is 198 Å².